The minimum Gasteiger partial charge on any atom is -0.487 e. The molecule has 2 N–H and O–H groups in total. The molecule has 4 rings (SSSR count). The van der Waals surface area contributed by atoms with Crippen molar-refractivity contribution < 1.29 is 30.8 Å². The molecule has 1 fully saturated rings. The average molecular weight is 492 g/mol. The predicted octanol–water partition coefficient (Wildman–Crippen LogP) is 2.39. The molecule has 1 aliphatic rings. The molecule has 0 bridgehead atoms. The molecule has 9 nitrogen and oxygen atoms in total. The van der Waals surface area contributed by atoms with Gasteiger partial charge in [-0.25, -0.2) is 21.8 Å². The lowest BCUT2D eigenvalue weighted by atomic mass is 10.2. The van der Waals surface area contributed by atoms with Gasteiger partial charge in [0.1, 0.15) is 24.6 Å². The molecule has 0 radical (unpaired) electrons. The van der Waals surface area contributed by atoms with Crippen molar-refractivity contribution >= 4 is 37.5 Å². The molecule has 172 valence electrons. The van der Waals surface area contributed by atoms with E-state index in [4.69, 9.17) is 4.74 Å². The summed E-state index contributed by atoms with van der Waals surface area (Å²) in [5.74, 6) is -2.19. The van der Waals surface area contributed by atoms with E-state index in [0.717, 1.165) is 6.07 Å². The summed E-state index contributed by atoms with van der Waals surface area (Å²) in [4.78, 5) is 11.6. The topological polar surface area (TPSA) is 122 Å². The van der Waals surface area contributed by atoms with Crippen LogP contribution < -0.4 is 18.5 Å². The van der Waals surface area contributed by atoms with Crippen molar-refractivity contribution in [1.29, 1.82) is 0 Å². The minimum absolute atomic E-state index is 0.0434. The molecule has 1 saturated heterocycles. The fraction of sp³-hybridized carbons (Fsp3) is 0.0952. The van der Waals surface area contributed by atoms with Crippen LogP contribution in [0.4, 0.5) is 15.8 Å². The van der Waals surface area contributed by atoms with Crippen LogP contribution in [0, 0.1) is 5.82 Å². The maximum atomic E-state index is 15.2. The minimum atomic E-state index is -4.33. The van der Waals surface area contributed by atoms with Crippen LogP contribution >= 0.6 is 0 Å². The van der Waals surface area contributed by atoms with E-state index in [1.807, 2.05) is 0 Å². The lowest BCUT2D eigenvalue weighted by molar-refractivity contribution is -0.117. The molecular formula is C21H18FN3O6S2. The number of benzene rings is 3. The number of nitrogens with one attached hydrogen (secondary N) is 2. The van der Waals surface area contributed by atoms with Crippen LogP contribution in [-0.4, -0.2) is 29.3 Å². The first-order valence-electron chi connectivity index (χ1n) is 9.57. The van der Waals surface area contributed by atoms with Crippen LogP contribution in [0.1, 0.15) is 5.56 Å². The van der Waals surface area contributed by atoms with Gasteiger partial charge in [-0.05, 0) is 17.7 Å². The maximum Gasteiger partial charge on any atom is 0.326 e. The Morgan fingerprint density at radius 2 is 1.67 bits per heavy atom. The zero-order valence-electron chi connectivity index (χ0n) is 16.9. The number of rotatable bonds is 7. The van der Waals surface area contributed by atoms with Crippen molar-refractivity contribution in [3.05, 3.63) is 84.2 Å². The van der Waals surface area contributed by atoms with Gasteiger partial charge in [0.2, 0.25) is 0 Å². The Balaban J connectivity index is 1.74. The van der Waals surface area contributed by atoms with Crippen molar-refractivity contribution in [2.45, 2.75) is 11.5 Å². The highest BCUT2D eigenvalue weighted by atomic mass is 32.2. The molecule has 3 aromatic rings. The highest BCUT2D eigenvalue weighted by Crippen LogP contribution is 2.38. The Labute approximate surface area is 190 Å². The first-order chi connectivity index (χ1) is 15.7. The molecule has 0 atom stereocenters. The Kier molecular flexibility index (Phi) is 5.95. The normalized spacial score (nSPS) is 15.2. The van der Waals surface area contributed by atoms with E-state index in [1.54, 1.807) is 41.1 Å². The lowest BCUT2D eigenvalue weighted by Gasteiger charge is -2.21. The molecule has 3 aromatic carbocycles. The summed E-state index contributed by atoms with van der Waals surface area (Å²) in [7, 11) is -8.38. The van der Waals surface area contributed by atoms with E-state index >= 15 is 4.39 Å². The molecule has 1 heterocycles. The lowest BCUT2D eigenvalue weighted by Crippen LogP contribution is -2.30. The zero-order valence-corrected chi connectivity index (χ0v) is 18.6. The third-order valence-electron chi connectivity index (χ3n) is 4.64. The standard InChI is InChI=1S/C21H18FN3O6S2/c22-18-11-16(23-32(27,28)17-9-5-2-6-10-17)12-19(31-14-15-7-3-1-4-8-15)21(18)25-13-20(26)24-33(25,29)30/h1-12,23H,13-14H2,(H,24,26). The largest absolute Gasteiger partial charge is 0.487 e. The van der Waals surface area contributed by atoms with Crippen molar-refractivity contribution in [1.82, 2.24) is 4.72 Å². The van der Waals surface area contributed by atoms with Gasteiger partial charge in [0.05, 0.1) is 10.6 Å². The van der Waals surface area contributed by atoms with Crippen LogP contribution in [0.15, 0.2) is 77.7 Å². The summed E-state index contributed by atoms with van der Waals surface area (Å²) in [6.45, 7) is -0.701. The van der Waals surface area contributed by atoms with E-state index in [-0.39, 0.29) is 22.9 Å². The van der Waals surface area contributed by atoms with E-state index in [9.17, 15) is 21.6 Å². The number of nitrogens with zero attached hydrogens (tertiary/aromatic N) is 1. The molecule has 1 aliphatic heterocycles. The monoisotopic (exact) mass is 491 g/mol. The molecule has 0 spiro atoms. The Bertz CT molecular complexity index is 1400. The highest BCUT2D eigenvalue weighted by Gasteiger charge is 2.38. The second kappa shape index (κ2) is 8.71. The number of sulfonamides is 1. The fourth-order valence-corrected chi connectivity index (χ4v) is 5.41. The molecular weight excluding hydrogens is 473 g/mol. The molecule has 0 saturated carbocycles. The maximum absolute atomic E-state index is 15.2. The number of anilines is 2. The van der Waals surface area contributed by atoms with E-state index < -0.39 is 44.2 Å². The number of ether oxygens (including phenoxy) is 1. The van der Waals surface area contributed by atoms with Crippen LogP contribution in [0.2, 0.25) is 0 Å². The summed E-state index contributed by atoms with van der Waals surface area (Å²) in [6.07, 6.45) is 0. The average Bonchev–Trinajstić information content (AvgIpc) is 3.04. The van der Waals surface area contributed by atoms with Crippen LogP contribution in [0.25, 0.3) is 0 Å². The van der Waals surface area contributed by atoms with Gasteiger partial charge in [-0.1, -0.05) is 48.5 Å². The second-order valence-electron chi connectivity index (χ2n) is 7.03. The summed E-state index contributed by atoms with van der Waals surface area (Å²) >= 11 is 0. The molecule has 0 unspecified atom stereocenters. The second-order valence-corrected chi connectivity index (χ2v) is 10.3. The number of hydrogen-bond acceptors (Lipinski definition) is 6. The molecule has 1 amide bonds. The number of hydrogen-bond donors (Lipinski definition) is 2. The van der Waals surface area contributed by atoms with E-state index in [2.05, 4.69) is 4.72 Å². The van der Waals surface area contributed by atoms with E-state index in [0.29, 0.717) is 9.87 Å². The van der Waals surface area contributed by atoms with Gasteiger partial charge in [0, 0.05) is 12.1 Å². The van der Waals surface area contributed by atoms with Gasteiger partial charge >= 0.3 is 10.2 Å². The van der Waals surface area contributed by atoms with Gasteiger partial charge in [0.15, 0.2) is 5.82 Å². The quantitative estimate of drug-likeness (QED) is 0.523. The number of carbonyl (C=O) groups excluding carboxylic acids is 1. The van der Waals surface area contributed by atoms with Crippen molar-refractivity contribution in [3.8, 4) is 5.75 Å². The van der Waals surface area contributed by atoms with Gasteiger partial charge in [-0.2, -0.15) is 8.42 Å². The fourth-order valence-electron chi connectivity index (χ4n) is 3.18. The van der Waals surface area contributed by atoms with Gasteiger partial charge in [-0.15, -0.1) is 0 Å². The van der Waals surface area contributed by atoms with Crippen molar-refractivity contribution in [2.24, 2.45) is 0 Å². The summed E-state index contributed by atoms with van der Waals surface area (Å²) in [5.41, 5.74) is 0.0172. The van der Waals surface area contributed by atoms with Crippen LogP contribution in [0.3, 0.4) is 0 Å². The van der Waals surface area contributed by atoms with Crippen molar-refractivity contribution in [3.63, 3.8) is 0 Å². The number of carbonyl (C=O) groups is 1. The highest BCUT2D eigenvalue weighted by molar-refractivity contribution is 7.92. The van der Waals surface area contributed by atoms with Crippen molar-refractivity contribution in [2.75, 3.05) is 15.6 Å². The SMILES string of the molecule is O=C1CN(c2c(F)cc(NS(=O)(=O)c3ccccc3)cc2OCc2ccccc2)S(=O)(=O)N1. The van der Waals surface area contributed by atoms with Gasteiger partial charge in [-0.3, -0.25) is 9.52 Å². The predicted molar refractivity (Wildman–Crippen MR) is 119 cm³/mol. The Morgan fingerprint density at radius 3 is 2.27 bits per heavy atom. The Morgan fingerprint density at radius 1 is 1.03 bits per heavy atom. The first kappa shape index (κ1) is 22.6. The van der Waals surface area contributed by atoms with Crippen LogP contribution in [0.5, 0.6) is 5.75 Å². The summed E-state index contributed by atoms with van der Waals surface area (Å²) in [6, 6.07) is 18.3. The molecule has 0 aromatic heterocycles. The third kappa shape index (κ3) is 4.91. The van der Waals surface area contributed by atoms with Crippen LogP contribution in [-0.2, 0) is 31.6 Å². The zero-order chi connectivity index (χ0) is 23.6. The first-order valence-corrected chi connectivity index (χ1v) is 12.5. The summed E-state index contributed by atoms with van der Waals surface area (Å²) in [5, 5.41) is 0. The smallest absolute Gasteiger partial charge is 0.326 e. The number of amides is 1. The number of halogens is 1. The molecule has 33 heavy (non-hydrogen) atoms. The van der Waals surface area contributed by atoms with E-state index in [1.165, 1.54) is 30.3 Å². The third-order valence-corrected chi connectivity index (χ3v) is 7.42. The van der Waals surface area contributed by atoms with Gasteiger partial charge in [0.25, 0.3) is 15.9 Å². The Hall–Kier alpha value is -3.64. The molecule has 12 heteroatoms. The van der Waals surface area contributed by atoms with Gasteiger partial charge < -0.3 is 4.74 Å². The summed E-state index contributed by atoms with van der Waals surface area (Å²) < 4.78 is 75.4. The molecule has 0 aliphatic carbocycles.